The van der Waals surface area contributed by atoms with Crippen molar-refractivity contribution >= 4 is 9.84 Å². The molecule has 0 aromatic heterocycles. The van der Waals surface area contributed by atoms with Gasteiger partial charge in [0.25, 0.3) is 0 Å². The van der Waals surface area contributed by atoms with E-state index in [4.69, 9.17) is 10.5 Å². The molecule has 21 heavy (non-hydrogen) atoms. The van der Waals surface area contributed by atoms with E-state index in [9.17, 15) is 21.6 Å². The fourth-order valence-corrected chi connectivity index (χ4v) is 3.81. The molecule has 2 atom stereocenters. The second-order valence-corrected chi connectivity index (χ2v) is 7.13. The number of sulfone groups is 1. The summed E-state index contributed by atoms with van der Waals surface area (Å²) in [7, 11) is -3.86. The van der Waals surface area contributed by atoms with Crippen molar-refractivity contribution in [2.75, 3.05) is 19.0 Å². The van der Waals surface area contributed by atoms with Gasteiger partial charge in [0.1, 0.15) is 0 Å². The van der Waals surface area contributed by atoms with E-state index in [0.717, 1.165) is 18.2 Å². The summed E-state index contributed by atoms with van der Waals surface area (Å²) in [6, 6.07) is 3.08. The molecule has 2 rings (SSSR count). The van der Waals surface area contributed by atoms with Crippen LogP contribution in [0.1, 0.15) is 12.0 Å². The number of benzene rings is 1. The van der Waals surface area contributed by atoms with Gasteiger partial charge in [-0.3, -0.25) is 0 Å². The molecule has 8 heteroatoms. The summed E-state index contributed by atoms with van der Waals surface area (Å²) in [6.45, 7) is 0.918. The Morgan fingerprint density at radius 3 is 2.67 bits per heavy atom. The summed E-state index contributed by atoms with van der Waals surface area (Å²) < 4.78 is 67.4. The molecule has 0 aliphatic carbocycles. The number of hydrogen-bond donors (Lipinski definition) is 1. The highest BCUT2D eigenvalue weighted by Crippen LogP contribution is 2.31. The van der Waals surface area contributed by atoms with E-state index >= 15 is 0 Å². The highest BCUT2D eigenvalue weighted by Gasteiger charge is 2.33. The monoisotopic (exact) mass is 323 g/mol. The number of nitrogens with two attached hydrogens (primary N) is 1. The highest BCUT2D eigenvalue weighted by atomic mass is 32.2. The minimum absolute atomic E-state index is 0.0782. The lowest BCUT2D eigenvalue weighted by molar-refractivity contribution is -0.137. The number of alkyl halides is 3. The Kier molecular flexibility index (Phi) is 4.60. The first-order valence-electron chi connectivity index (χ1n) is 6.43. The number of ether oxygens (including phenoxy) is 1. The largest absolute Gasteiger partial charge is 0.416 e. The van der Waals surface area contributed by atoms with Crippen LogP contribution < -0.4 is 5.73 Å². The lowest BCUT2D eigenvalue weighted by Crippen LogP contribution is -2.37. The Morgan fingerprint density at radius 1 is 1.38 bits per heavy atom. The minimum Gasteiger partial charge on any atom is -0.381 e. The molecular formula is C13H16F3NO3S. The van der Waals surface area contributed by atoms with Crippen molar-refractivity contribution < 1.29 is 26.3 Å². The van der Waals surface area contributed by atoms with Crippen LogP contribution in [0.15, 0.2) is 29.2 Å². The summed E-state index contributed by atoms with van der Waals surface area (Å²) in [6.07, 6.45) is -3.91. The minimum atomic E-state index is -4.58. The van der Waals surface area contributed by atoms with Crippen LogP contribution in [0.3, 0.4) is 0 Å². The zero-order valence-corrected chi connectivity index (χ0v) is 12.0. The van der Waals surface area contributed by atoms with Crippen molar-refractivity contribution in [1.29, 1.82) is 0 Å². The van der Waals surface area contributed by atoms with Gasteiger partial charge >= 0.3 is 6.18 Å². The molecule has 1 heterocycles. The molecular weight excluding hydrogens is 307 g/mol. The van der Waals surface area contributed by atoms with Crippen molar-refractivity contribution in [3.8, 4) is 0 Å². The lowest BCUT2D eigenvalue weighted by atomic mass is 10.0. The maximum Gasteiger partial charge on any atom is 0.416 e. The van der Waals surface area contributed by atoms with Crippen LogP contribution in [-0.4, -0.2) is 33.4 Å². The fourth-order valence-electron chi connectivity index (χ4n) is 2.24. The van der Waals surface area contributed by atoms with Gasteiger partial charge in [-0.05, 0) is 24.6 Å². The molecule has 1 aliphatic heterocycles. The van der Waals surface area contributed by atoms with E-state index in [1.165, 1.54) is 0 Å². The average molecular weight is 323 g/mol. The zero-order chi connectivity index (χ0) is 15.7. The lowest BCUT2D eigenvalue weighted by Gasteiger charge is -2.18. The molecule has 1 aliphatic rings. The summed E-state index contributed by atoms with van der Waals surface area (Å²) in [4.78, 5) is -0.355. The van der Waals surface area contributed by atoms with Crippen LogP contribution >= 0.6 is 0 Å². The van der Waals surface area contributed by atoms with E-state index in [2.05, 4.69) is 0 Å². The first-order chi connectivity index (χ1) is 9.70. The van der Waals surface area contributed by atoms with Gasteiger partial charge in [-0.1, -0.05) is 6.07 Å². The maximum absolute atomic E-state index is 12.6. The predicted molar refractivity (Wildman–Crippen MR) is 70.4 cm³/mol. The van der Waals surface area contributed by atoms with E-state index in [1.54, 1.807) is 0 Å². The molecule has 1 aromatic carbocycles. The van der Waals surface area contributed by atoms with E-state index in [0.29, 0.717) is 25.7 Å². The van der Waals surface area contributed by atoms with Gasteiger partial charge in [0.05, 0.1) is 22.8 Å². The maximum atomic E-state index is 12.6. The highest BCUT2D eigenvalue weighted by molar-refractivity contribution is 7.91. The predicted octanol–water partition coefficient (Wildman–Crippen LogP) is 1.84. The molecule has 0 amide bonds. The van der Waals surface area contributed by atoms with Gasteiger partial charge in [-0.25, -0.2) is 8.42 Å². The van der Waals surface area contributed by atoms with E-state index in [-0.39, 0.29) is 16.6 Å². The third-order valence-corrected chi connectivity index (χ3v) is 5.30. The van der Waals surface area contributed by atoms with Gasteiger partial charge in [0.2, 0.25) is 0 Å². The molecule has 4 nitrogen and oxygen atoms in total. The topological polar surface area (TPSA) is 69.4 Å². The van der Waals surface area contributed by atoms with Gasteiger partial charge < -0.3 is 10.5 Å². The molecule has 1 saturated heterocycles. The van der Waals surface area contributed by atoms with Crippen molar-refractivity contribution in [3.05, 3.63) is 29.8 Å². The second-order valence-electron chi connectivity index (χ2n) is 5.09. The molecule has 2 unspecified atom stereocenters. The molecule has 0 bridgehead atoms. The number of halogens is 3. The van der Waals surface area contributed by atoms with Crippen LogP contribution in [0.2, 0.25) is 0 Å². The first kappa shape index (κ1) is 16.3. The first-order valence-corrected chi connectivity index (χ1v) is 8.09. The normalized spacial score (nSPS) is 21.4. The molecule has 0 radical (unpaired) electrons. The van der Waals surface area contributed by atoms with Crippen molar-refractivity contribution in [3.63, 3.8) is 0 Å². The third-order valence-electron chi connectivity index (χ3n) is 3.50. The van der Waals surface area contributed by atoms with Crippen LogP contribution in [-0.2, 0) is 20.8 Å². The van der Waals surface area contributed by atoms with Crippen LogP contribution in [0.4, 0.5) is 13.2 Å². The molecule has 0 saturated carbocycles. The Hall–Kier alpha value is -1.12. The standard InChI is InChI=1S/C13H16F3NO3S/c14-13(15,16)10-2-1-3-11(6-10)21(18,19)8-12(17)9-4-5-20-7-9/h1-3,6,9,12H,4-5,7-8,17H2. The summed E-state index contributed by atoms with van der Waals surface area (Å²) >= 11 is 0. The molecule has 1 aromatic rings. The number of hydrogen-bond acceptors (Lipinski definition) is 4. The third kappa shape index (κ3) is 3.96. The Morgan fingerprint density at radius 2 is 2.10 bits per heavy atom. The zero-order valence-electron chi connectivity index (χ0n) is 11.1. The number of rotatable bonds is 4. The SMILES string of the molecule is NC(CS(=O)(=O)c1cccc(C(F)(F)F)c1)C1CCOC1. The van der Waals surface area contributed by atoms with Crippen LogP contribution in [0, 0.1) is 5.92 Å². The van der Waals surface area contributed by atoms with Crippen molar-refractivity contribution in [1.82, 2.24) is 0 Å². The molecule has 0 spiro atoms. The second kappa shape index (κ2) is 5.94. The van der Waals surface area contributed by atoms with Gasteiger partial charge in [-0.15, -0.1) is 0 Å². The van der Waals surface area contributed by atoms with E-state index in [1.807, 2.05) is 0 Å². The van der Waals surface area contributed by atoms with Gasteiger partial charge in [0, 0.05) is 18.6 Å². The Balaban J connectivity index is 2.19. The molecule has 118 valence electrons. The Labute approximate surface area is 121 Å². The van der Waals surface area contributed by atoms with E-state index < -0.39 is 27.6 Å². The summed E-state index contributed by atoms with van der Waals surface area (Å²) in [5.74, 6) is -0.465. The molecule has 2 N–H and O–H groups in total. The fraction of sp³-hybridized carbons (Fsp3) is 0.538. The quantitative estimate of drug-likeness (QED) is 0.918. The van der Waals surface area contributed by atoms with Crippen molar-refractivity contribution in [2.45, 2.75) is 23.5 Å². The summed E-state index contributed by atoms with van der Waals surface area (Å²) in [5, 5.41) is 0. The van der Waals surface area contributed by atoms with Gasteiger partial charge in [0.15, 0.2) is 9.84 Å². The Bertz CT molecular complexity index is 595. The smallest absolute Gasteiger partial charge is 0.381 e. The van der Waals surface area contributed by atoms with Crippen molar-refractivity contribution in [2.24, 2.45) is 11.7 Å². The average Bonchev–Trinajstić information content (AvgIpc) is 2.91. The van der Waals surface area contributed by atoms with Gasteiger partial charge in [-0.2, -0.15) is 13.2 Å². The summed E-state index contributed by atoms with van der Waals surface area (Å²) in [5.41, 5.74) is 4.86. The van der Waals surface area contributed by atoms with Crippen LogP contribution in [0.25, 0.3) is 0 Å². The molecule has 1 fully saturated rings. The van der Waals surface area contributed by atoms with Crippen LogP contribution in [0.5, 0.6) is 0 Å².